The Labute approximate surface area is 116 Å². The third-order valence-corrected chi connectivity index (χ3v) is 4.75. The molecule has 0 radical (unpaired) electrons. The van der Waals surface area contributed by atoms with Gasteiger partial charge in [-0.3, -0.25) is 0 Å². The van der Waals surface area contributed by atoms with Crippen molar-refractivity contribution in [1.29, 1.82) is 0 Å². The van der Waals surface area contributed by atoms with Crippen LogP contribution in [0.1, 0.15) is 25.6 Å². The molecular formula is C12H19N3O3S. The number of aromatic nitrogens is 1. The molecule has 0 saturated carbocycles. The Morgan fingerprint density at radius 1 is 1.53 bits per heavy atom. The normalized spacial score (nSPS) is 24.4. The lowest BCUT2D eigenvalue weighted by atomic mass is 10.1. The maximum atomic E-state index is 12.1. The molecule has 7 heteroatoms. The number of ether oxygens (including phenoxy) is 1. The van der Waals surface area contributed by atoms with Gasteiger partial charge in [0, 0.05) is 14.2 Å². The van der Waals surface area contributed by atoms with Crippen LogP contribution < -0.4 is 4.90 Å². The molecule has 2 amide bonds. The molecule has 6 nitrogen and oxygen atoms in total. The molecule has 1 aliphatic rings. The highest BCUT2D eigenvalue weighted by molar-refractivity contribution is 7.06. The first-order chi connectivity index (χ1) is 8.79. The SMILES string of the molecule is COC(C)(C)c1cc(N2C(=O)N(C)C(C)C2O)ns1. The number of amides is 2. The number of aliphatic hydroxyl groups excluding tert-OH is 1. The summed E-state index contributed by atoms with van der Waals surface area (Å²) in [6.07, 6.45) is -0.877. The van der Waals surface area contributed by atoms with Gasteiger partial charge in [-0.1, -0.05) is 0 Å². The molecule has 1 aromatic rings. The van der Waals surface area contributed by atoms with Gasteiger partial charge in [-0.2, -0.15) is 4.37 Å². The summed E-state index contributed by atoms with van der Waals surface area (Å²) < 4.78 is 9.65. The molecule has 0 aromatic carbocycles. The molecule has 106 valence electrons. The summed E-state index contributed by atoms with van der Waals surface area (Å²) in [6, 6.07) is 1.29. The van der Waals surface area contributed by atoms with Crippen LogP contribution in [0.2, 0.25) is 0 Å². The number of nitrogens with zero attached hydrogens (tertiary/aromatic N) is 3. The molecule has 1 aromatic heterocycles. The van der Waals surface area contributed by atoms with E-state index >= 15 is 0 Å². The maximum Gasteiger partial charge on any atom is 0.328 e. The van der Waals surface area contributed by atoms with Gasteiger partial charge in [-0.05, 0) is 38.4 Å². The number of rotatable bonds is 3. The van der Waals surface area contributed by atoms with Crippen LogP contribution in [0.15, 0.2) is 6.07 Å². The second kappa shape index (κ2) is 4.73. The average Bonchev–Trinajstić information content (AvgIpc) is 2.92. The lowest BCUT2D eigenvalue weighted by molar-refractivity contribution is 0.0224. The van der Waals surface area contributed by atoms with Crippen molar-refractivity contribution in [2.24, 2.45) is 0 Å². The third kappa shape index (κ3) is 2.22. The molecule has 2 unspecified atom stereocenters. The molecule has 0 bridgehead atoms. The second-order valence-electron chi connectivity index (χ2n) is 5.18. The fraction of sp³-hybridized carbons (Fsp3) is 0.667. The first kappa shape index (κ1) is 14.2. The monoisotopic (exact) mass is 285 g/mol. The van der Waals surface area contributed by atoms with Gasteiger partial charge in [0.1, 0.15) is 0 Å². The van der Waals surface area contributed by atoms with Crippen LogP contribution in [0.3, 0.4) is 0 Å². The van der Waals surface area contributed by atoms with E-state index in [1.807, 2.05) is 13.8 Å². The first-order valence-electron chi connectivity index (χ1n) is 6.06. The molecule has 1 saturated heterocycles. The lowest BCUT2D eigenvalue weighted by Gasteiger charge is -2.20. The van der Waals surface area contributed by atoms with Crippen molar-refractivity contribution < 1.29 is 14.6 Å². The van der Waals surface area contributed by atoms with Gasteiger partial charge >= 0.3 is 6.03 Å². The van der Waals surface area contributed by atoms with Crippen molar-refractivity contribution in [2.45, 2.75) is 38.6 Å². The Bertz CT molecular complexity index is 488. The molecule has 0 spiro atoms. The van der Waals surface area contributed by atoms with Crippen molar-refractivity contribution in [3.05, 3.63) is 10.9 Å². The van der Waals surface area contributed by atoms with Crippen LogP contribution >= 0.6 is 11.5 Å². The smallest absolute Gasteiger partial charge is 0.328 e. The van der Waals surface area contributed by atoms with E-state index in [0.29, 0.717) is 5.82 Å². The zero-order chi connectivity index (χ0) is 14.4. The number of urea groups is 1. The highest BCUT2D eigenvalue weighted by atomic mass is 32.1. The summed E-state index contributed by atoms with van der Waals surface area (Å²) in [7, 11) is 3.30. The van der Waals surface area contributed by atoms with Crippen molar-refractivity contribution in [1.82, 2.24) is 9.27 Å². The van der Waals surface area contributed by atoms with Crippen molar-refractivity contribution in [2.75, 3.05) is 19.1 Å². The Hall–Kier alpha value is -1.18. The number of anilines is 1. The number of likely N-dealkylation sites (N-methyl/N-ethyl adjacent to an activating group) is 1. The Morgan fingerprint density at radius 2 is 2.16 bits per heavy atom. The van der Waals surface area contributed by atoms with Crippen LogP contribution in [0.25, 0.3) is 0 Å². The van der Waals surface area contributed by atoms with Gasteiger partial charge in [0.05, 0.1) is 16.5 Å². The fourth-order valence-corrected chi connectivity index (χ4v) is 2.66. The summed E-state index contributed by atoms with van der Waals surface area (Å²) >= 11 is 1.28. The van der Waals surface area contributed by atoms with Crippen LogP contribution in [-0.4, -0.2) is 46.8 Å². The van der Waals surface area contributed by atoms with E-state index in [9.17, 15) is 9.90 Å². The second-order valence-corrected chi connectivity index (χ2v) is 5.99. The molecule has 2 rings (SSSR count). The van der Waals surface area contributed by atoms with E-state index < -0.39 is 11.8 Å². The van der Waals surface area contributed by atoms with E-state index in [1.165, 1.54) is 21.3 Å². The van der Waals surface area contributed by atoms with Crippen LogP contribution in [-0.2, 0) is 10.3 Å². The number of hydrogen-bond acceptors (Lipinski definition) is 5. The lowest BCUT2D eigenvalue weighted by Crippen LogP contribution is -2.35. The van der Waals surface area contributed by atoms with Gasteiger partial charge < -0.3 is 14.7 Å². The zero-order valence-corrected chi connectivity index (χ0v) is 12.6. The zero-order valence-electron chi connectivity index (χ0n) is 11.7. The first-order valence-corrected chi connectivity index (χ1v) is 6.83. The minimum atomic E-state index is -0.877. The fourth-order valence-electron chi connectivity index (χ4n) is 1.87. The Kier molecular flexibility index (Phi) is 3.55. The van der Waals surface area contributed by atoms with Crippen molar-refractivity contribution in [3.8, 4) is 0 Å². The van der Waals surface area contributed by atoms with Crippen molar-refractivity contribution in [3.63, 3.8) is 0 Å². The Morgan fingerprint density at radius 3 is 2.63 bits per heavy atom. The van der Waals surface area contributed by atoms with Gasteiger partial charge in [0.2, 0.25) is 0 Å². The van der Waals surface area contributed by atoms with E-state index in [4.69, 9.17) is 4.74 Å². The topological polar surface area (TPSA) is 65.9 Å². The van der Waals surface area contributed by atoms with Crippen LogP contribution in [0.4, 0.5) is 10.6 Å². The molecule has 2 heterocycles. The molecule has 2 atom stereocenters. The third-order valence-electron chi connectivity index (χ3n) is 3.66. The van der Waals surface area contributed by atoms with Crippen LogP contribution in [0, 0.1) is 0 Å². The number of methoxy groups -OCH3 is 1. The predicted octanol–water partition coefficient (Wildman–Crippen LogP) is 1.60. The van der Waals surface area contributed by atoms with Crippen LogP contribution in [0.5, 0.6) is 0 Å². The molecule has 19 heavy (non-hydrogen) atoms. The molecule has 1 aliphatic heterocycles. The highest BCUT2D eigenvalue weighted by Crippen LogP contribution is 2.33. The number of carbonyl (C=O) groups is 1. The molecule has 0 aliphatic carbocycles. The number of hydrogen-bond donors (Lipinski definition) is 1. The number of carbonyl (C=O) groups excluding carboxylic acids is 1. The predicted molar refractivity (Wildman–Crippen MR) is 73.3 cm³/mol. The van der Waals surface area contributed by atoms with Gasteiger partial charge in [0.25, 0.3) is 0 Å². The molecule has 1 N–H and O–H groups in total. The minimum absolute atomic E-state index is 0.243. The summed E-state index contributed by atoms with van der Waals surface area (Å²) in [6.45, 7) is 5.66. The number of aliphatic hydroxyl groups is 1. The standard InChI is InChI=1S/C12H19N3O3S/c1-7-10(16)15(11(17)14(7)4)9-6-8(19-13-9)12(2,3)18-5/h6-7,10,16H,1-5H3. The van der Waals surface area contributed by atoms with Gasteiger partial charge in [-0.25, -0.2) is 9.69 Å². The summed E-state index contributed by atoms with van der Waals surface area (Å²) in [5.41, 5.74) is -0.457. The highest BCUT2D eigenvalue weighted by Gasteiger charge is 2.42. The summed E-state index contributed by atoms with van der Waals surface area (Å²) in [5, 5.41) is 10.1. The van der Waals surface area contributed by atoms with E-state index in [0.717, 1.165) is 4.88 Å². The largest absolute Gasteiger partial charge is 0.373 e. The quantitative estimate of drug-likeness (QED) is 0.916. The van der Waals surface area contributed by atoms with E-state index in [2.05, 4.69) is 4.37 Å². The van der Waals surface area contributed by atoms with E-state index in [-0.39, 0.29) is 12.1 Å². The van der Waals surface area contributed by atoms with Gasteiger partial charge in [-0.15, -0.1) is 0 Å². The maximum absolute atomic E-state index is 12.1. The van der Waals surface area contributed by atoms with Crippen molar-refractivity contribution >= 4 is 23.4 Å². The average molecular weight is 285 g/mol. The van der Waals surface area contributed by atoms with E-state index in [1.54, 1.807) is 27.1 Å². The Balaban J connectivity index is 2.31. The molecule has 1 fully saturated rings. The summed E-state index contributed by atoms with van der Waals surface area (Å²) in [5.74, 6) is 0.471. The minimum Gasteiger partial charge on any atom is -0.373 e. The summed E-state index contributed by atoms with van der Waals surface area (Å²) in [4.78, 5) is 15.8. The molecular weight excluding hydrogens is 266 g/mol. The van der Waals surface area contributed by atoms with Gasteiger partial charge in [0.15, 0.2) is 12.0 Å².